The maximum absolute atomic E-state index is 4.42. The van der Waals surface area contributed by atoms with Crippen LogP contribution in [-0.4, -0.2) is 32.8 Å². The third-order valence-corrected chi connectivity index (χ3v) is 4.31. The molecule has 0 unspecified atom stereocenters. The molecule has 0 aliphatic rings. The van der Waals surface area contributed by atoms with Crippen molar-refractivity contribution in [1.82, 2.24) is 30.4 Å². The molecule has 2 heterocycles. The standard InChI is InChI=1S/C13H21N7S/c1-8-11(21-10(3)17-8)6-15-13(14-4)16-7-12-19-18-9(2)20(12)5/h6-7H2,1-5H3,(H2,14,15,16). The smallest absolute Gasteiger partial charge is 0.191 e. The summed E-state index contributed by atoms with van der Waals surface area (Å²) in [6.45, 7) is 7.27. The monoisotopic (exact) mass is 307 g/mol. The van der Waals surface area contributed by atoms with Crippen LogP contribution in [0, 0.1) is 20.8 Å². The molecule has 21 heavy (non-hydrogen) atoms. The molecule has 114 valence electrons. The van der Waals surface area contributed by atoms with Crippen molar-refractivity contribution in [3.05, 3.63) is 27.2 Å². The summed E-state index contributed by atoms with van der Waals surface area (Å²) in [5, 5.41) is 15.8. The highest BCUT2D eigenvalue weighted by atomic mass is 32.1. The Labute approximate surface area is 128 Å². The van der Waals surface area contributed by atoms with E-state index in [4.69, 9.17) is 0 Å². The molecule has 0 aliphatic carbocycles. The third-order valence-electron chi connectivity index (χ3n) is 3.24. The van der Waals surface area contributed by atoms with E-state index in [0.717, 1.165) is 34.9 Å². The van der Waals surface area contributed by atoms with Crippen LogP contribution in [0.5, 0.6) is 0 Å². The SMILES string of the molecule is CN=C(NCc1sc(C)nc1C)NCc1nnc(C)n1C. The van der Waals surface area contributed by atoms with Crippen molar-refractivity contribution in [3.8, 4) is 0 Å². The van der Waals surface area contributed by atoms with E-state index in [1.54, 1.807) is 18.4 Å². The summed E-state index contributed by atoms with van der Waals surface area (Å²) in [6.07, 6.45) is 0. The lowest BCUT2D eigenvalue weighted by molar-refractivity contribution is 0.718. The van der Waals surface area contributed by atoms with Gasteiger partial charge in [0.05, 0.1) is 23.8 Å². The van der Waals surface area contributed by atoms with E-state index in [-0.39, 0.29) is 0 Å². The molecule has 2 N–H and O–H groups in total. The van der Waals surface area contributed by atoms with Crippen LogP contribution in [0.15, 0.2) is 4.99 Å². The summed E-state index contributed by atoms with van der Waals surface area (Å²) in [5.74, 6) is 2.51. The molecule has 2 rings (SSSR count). The number of guanidine groups is 1. The normalized spacial score (nSPS) is 11.8. The van der Waals surface area contributed by atoms with E-state index < -0.39 is 0 Å². The van der Waals surface area contributed by atoms with Crippen molar-refractivity contribution in [3.63, 3.8) is 0 Å². The van der Waals surface area contributed by atoms with Crippen LogP contribution in [0.1, 0.15) is 27.2 Å². The van der Waals surface area contributed by atoms with Crippen LogP contribution in [-0.2, 0) is 20.1 Å². The zero-order valence-corrected chi connectivity index (χ0v) is 13.9. The molecule has 0 spiro atoms. The van der Waals surface area contributed by atoms with E-state index in [0.29, 0.717) is 6.54 Å². The van der Waals surface area contributed by atoms with Crippen molar-refractivity contribution < 1.29 is 0 Å². The van der Waals surface area contributed by atoms with Gasteiger partial charge < -0.3 is 15.2 Å². The van der Waals surface area contributed by atoms with E-state index >= 15 is 0 Å². The van der Waals surface area contributed by atoms with Crippen LogP contribution in [0.2, 0.25) is 0 Å². The first-order chi connectivity index (χ1) is 10.0. The highest BCUT2D eigenvalue weighted by Gasteiger charge is 2.08. The lowest BCUT2D eigenvalue weighted by atomic mass is 10.4. The fraction of sp³-hybridized carbons (Fsp3) is 0.538. The van der Waals surface area contributed by atoms with Gasteiger partial charge in [0.15, 0.2) is 11.8 Å². The summed E-state index contributed by atoms with van der Waals surface area (Å²) >= 11 is 1.70. The number of rotatable bonds is 4. The Kier molecular flexibility index (Phi) is 4.89. The lowest BCUT2D eigenvalue weighted by Crippen LogP contribution is -2.36. The summed E-state index contributed by atoms with van der Waals surface area (Å²) < 4.78 is 1.96. The number of aliphatic imine (C=N–C) groups is 1. The number of nitrogens with one attached hydrogen (secondary N) is 2. The Hall–Kier alpha value is -1.96. The molecule has 0 fully saturated rings. The summed E-state index contributed by atoms with van der Waals surface area (Å²) in [4.78, 5) is 9.86. The largest absolute Gasteiger partial charge is 0.351 e. The van der Waals surface area contributed by atoms with Crippen molar-refractivity contribution >= 4 is 17.3 Å². The van der Waals surface area contributed by atoms with Gasteiger partial charge in [-0.05, 0) is 20.8 Å². The van der Waals surface area contributed by atoms with Crippen molar-refractivity contribution in [1.29, 1.82) is 0 Å². The van der Waals surface area contributed by atoms with Gasteiger partial charge in [0.1, 0.15) is 5.82 Å². The molecule has 2 aromatic rings. The molecule has 0 atom stereocenters. The number of hydrogen-bond donors (Lipinski definition) is 2. The van der Waals surface area contributed by atoms with Crippen LogP contribution < -0.4 is 10.6 Å². The van der Waals surface area contributed by atoms with Gasteiger partial charge in [-0.3, -0.25) is 4.99 Å². The van der Waals surface area contributed by atoms with Gasteiger partial charge in [-0.1, -0.05) is 0 Å². The molecule has 8 heteroatoms. The van der Waals surface area contributed by atoms with Gasteiger partial charge >= 0.3 is 0 Å². The second-order valence-corrected chi connectivity index (χ2v) is 6.03. The van der Waals surface area contributed by atoms with E-state index in [9.17, 15) is 0 Å². The van der Waals surface area contributed by atoms with Gasteiger partial charge in [-0.25, -0.2) is 4.98 Å². The predicted octanol–water partition coefficient (Wildman–Crippen LogP) is 1.06. The van der Waals surface area contributed by atoms with Gasteiger partial charge in [0, 0.05) is 19.0 Å². The molecule has 0 aliphatic heterocycles. The fourth-order valence-corrected chi connectivity index (χ4v) is 2.77. The van der Waals surface area contributed by atoms with Gasteiger partial charge in [-0.15, -0.1) is 21.5 Å². The number of nitrogens with zero attached hydrogens (tertiary/aromatic N) is 5. The van der Waals surface area contributed by atoms with Crippen LogP contribution in [0.25, 0.3) is 0 Å². The lowest BCUT2D eigenvalue weighted by Gasteiger charge is -2.11. The highest BCUT2D eigenvalue weighted by Crippen LogP contribution is 2.16. The first-order valence-corrected chi connectivity index (χ1v) is 7.55. The van der Waals surface area contributed by atoms with E-state index in [1.165, 1.54) is 4.88 Å². The van der Waals surface area contributed by atoms with E-state index in [1.807, 2.05) is 32.4 Å². The molecule has 0 bridgehead atoms. The molecule has 0 amide bonds. The minimum absolute atomic E-state index is 0.581. The van der Waals surface area contributed by atoms with Crippen molar-refractivity contribution in [2.24, 2.45) is 12.0 Å². The molecule has 0 saturated carbocycles. The average Bonchev–Trinajstić information content (AvgIpc) is 2.94. The molecule has 0 radical (unpaired) electrons. The minimum Gasteiger partial charge on any atom is -0.351 e. The molecular formula is C13H21N7S. The molecular weight excluding hydrogens is 286 g/mol. The highest BCUT2D eigenvalue weighted by molar-refractivity contribution is 7.11. The number of hydrogen-bond acceptors (Lipinski definition) is 5. The molecule has 0 saturated heterocycles. The number of thiazole rings is 1. The Balaban J connectivity index is 1.89. The Morgan fingerprint density at radius 1 is 1.19 bits per heavy atom. The quantitative estimate of drug-likeness (QED) is 0.652. The van der Waals surface area contributed by atoms with Gasteiger partial charge in [-0.2, -0.15) is 0 Å². The second kappa shape index (κ2) is 6.66. The van der Waals surface area contributed by atoms with Crippen molar-refractivity contribution in [2.75, 3.05) is 7.05 Å². The Morgan fingerprint density at radius 2 is 1.90 bits per heavy atom. The topological polar surface area (TPSA) is 80.0 Å². The minimum atomic E-state index is 0.581. The molecule has 2 aromatic heterocycles. The summed E-state index contributed by atoms with van der Waals surface area (Å²) in [7, 11) is 3.70. The zero-order valence-electron chi connectivity index (χ0n) is 13.1. The van der Waals surface area contributed by atoms with Gasteiger partial charge in [0.2, 0.25) is 0 Å². The van der Waals surface area contributed by atoms with Crippen LogP contribution in [0.3, 0.4) is 0 Å². The fourth-order valence-electron chi connectivity index (χ4n) is 1.89. The molecule has 7 nitrogen and oxygen atoms in total. The third kappa shape index (κ3) is 3.78. The second-order valence-electron chi connectivity index (χ2n) is 4.74. The maximum atomic E-state index is 4.42. The Bertz CT molecular complexity index is 633. The maximum Gasteiger partial charge on any atom is 0.191 e. The number of aromatic nitrogens is 4. The van der Waals surface area contributed by atoms with Crippen LogP contribution in [0.4, 0.5) is 0 Å². The average molecular weight is 307 g/mol. The molecule has 0 aromatic carbocycles. The first-order valence-electron chi connectivity index (χ1n) is 6.73. The van der Waals surface area contributed by atoms with Crippen molar-refractivity contribution in [2.45, 2.75) is 33.9 Å². The van der Waals surface area contributed by atoms with E-state index in [2.05, 4.69) is 30.8 Å². The summed E-state index contributed by atoms with van der Waals surface area (Å²) in [6, 6.07) is 0. The first kappa shape index (κ1) is 15.4. The number of aryl methyl sites for hydroxylation is 3. The Morgan fingerprint density at radius 3 is 2.43 bits per heavy atom. The van der Waals surface area contributed by atoms with Gasteiger partial charge in [0.25, 0.3) is 0 Å². The predicted molar refractivity (Wildman–Crippen MR) is 84.4 cm³/mol. The van der Waals surface area contributed by atoms with Crippen LogP contribution >= 0.6 is 11.3 Å². The summed E-state index contributed by atoms with van der Waals surface area (Å²) in [5.41, 5.74) is 1.07. The zero-order chi connectivity index (χ0) is 15.4.